The van der Waals surface area contributed by atoms with Gasteiger partial charge in [-0.15, -0.1) is 11.6 Å². The van der Waals surface area contributed by atoms with Gasteiger partial charge in [0.15, 0.2) is 0 Å². The van der Waals surface area contributed by atoms with Crippen molar-refractivity contribution >= 4 is 39.1 Å². The zero-order chi connectivity index (χ0) is 14.5. The van der Waals surface area contributed by atoms with Crippen LogP contribution in [-0.2, 0) is 12.3 Å². The number of pyridine rings is 1. The van der Waals surface area contributed by atoms with Crippen LogP contribution in [0.1, 0.15) is 24.6 Å². The minimum atomic E-state index is 0.442. The summed E-state index contributed by atoms with van der Waals surface area (Å²) >= 11 is 15.3. The molecule has 0 unspecified atom stereocenters. The number of rotatable bonds is 5. The molecule has 0 aliphatic carbocycles. The third kappa shape index (κ3) is 4.11. The smallest absolute Gasteiger partial charge is 0.219 e. The predicted molar refractivity (Wildman–Crippen MR) is 87.0 cm³/mol. The van der Waals surface area contributed by atoms with Gasteiger partial charge in [0.2, 0.25) is 5.88 Å². The summed E-state index contributed by atoms with van der Waals surface area (Å²) in [5, 5.41) is 0.651. The van der Waals surface area contributed by atoms with E-state index in [0.717, 1.165) is 28.6 Å². The molecule has 0 atom stereocenters. The number of aryl methyl sites for hydroxylation is 1. The maximum Gasteiger partial charge on any atom is 0.219 e. The van der Waals surface area contributed by atoms with Gasteiger partial charge in [0.1, 0.15) is 5.75 Å². The Balaban J connectivity index is 2.29. The highest BCUT2D eigenvalue weighted by molar-refractivity contribution is 9.10. The second kappa shape index (κ2) is 7.30. The summed E-state index contributed by atoms with van der Waals surface area (Å²) in [5.74, 6) is 1.67. The van der Waals surface area contributed by atoms with Crippen molar-refractivity contribution in [3.8, 4) is 11.6 Å². The lowest BCUT2D eigenvalue weighted by Crippen LogP contribution is -1.96. The van der Waals surface area contributed by atoms with E-state index in [4.69, 9.17) is 27.9 Å². The number of ether oxygens (including phenoxy) is 1. The van der Waals surface area contributed by atoms with Crippen LogP contribution in [0.4, 0.5) is 0 Å². The van der Waals surface area contributed by atoms with Crippen molar-refractivity contribution in [2.24, 2.45) is 0 Å². The van der Waals surface area contributed by atoms with Crippen LogP contribution < -0.4 is 4.74 Å². The molecule has 0 saturated heterocycles. The Bertz CT molecular complexity index is 604. The minimum absolute atomic E-state index is 0.442. The van der Waals surface area contributed by atoms with E-state index in [2.05, 4.69) is 27.8 Å². The first-order valence-corrected chi connectivity index (χ1v) is 8.01. The largest absolute Gasteiger partial charge is 0.438 e. The lowest BCUT2D eigenvalue weighted by Gasteiger charge is -2.10. The van der Waals surface area contributed by atoms with E-state index in [-0.39, 0.29) is 0 Å². The second-order valence-electron chi connectivity index (χ2n) is 4.37. The minimum Gasteiger partial charge on any atom is -0.438 e. The normalized spacial score (nSPS) is 10.6. The quantitative estimate of drug-likeness (QED) is 0.600. The van der Waals surface area contributed by atoms with Gasteiger partial charge in [-0.1, -0.05) is 24.9 Å². The van der Waals surface area contributed by atoms with Crippen molar-refractivity contribution in [3.05, 3.63) is 51.1 Å². The van der Waals surface area contributed by atoms with Crippen LogP contribution in [0.2, 0.25) is 5.02 Å². The zero-order valence-corrected chi connectivity index (χ0v) is 14.1. The lowest BCUT2D eigenvalue weighted by molar-refractivity contribution is 0.457. The number of benzene rings is 1. The van der Waals surface area contributed by atoms with Gasteiger partial charge in [0, 0.05) is 22.7 Å². The molecule has 2 rings (SSSR count). The van der Waals surface area contributed by atoms with Crippen LogP contribution in [0, 0.1) is 0 Å². The predicted octanol–water partition coefficient (Wildman–Crippen LogP) is 5.98. The molecule has 1 heterocycles. The van der Waals surface area contributed by atoms with Crippen molar-refractivity contribution in [1.29, 1.82) is 0 Å². The van der Waals surface area contributed by atoms with E-state index in [0.29, 0.717) is 22.5 Å². The Kier molecular flexibility index (Phi) is 5.70. The fourth-order valence-corrected chi connectivity index (χ4v) is 2.72. The number of hydrogen-bond donors (Lipinski definition) is 0. The fraction of sp³-hybridized carbons (Fsp3) is 0.267. The standard InChI is InChI=1S/C15H14BrCl2NO/c1-2-3-12-6-10(9-17)7-15(19-12)20-14-5-4-11(18)8-13(14)16/h4-8H,2-3,9H2,1H3. The second-order valence-corrected chi connectivity index (χ2v) is 5.92. The Labute approximate surface area is 137 Å². The number of halogens is 3. The van der Waals surface area contributed by atoms with Crippen LogP contribution in [-0.4, -0.2) is 4.98 Å². The molecule has 1 aromatic heterocycles. The van der Waals surface area contributed by atoms with Gasteiger partial charge in [-0.05, 0) is 52.2 Å². The zero-order valence-electron chi connectivity index (χ0n) is 11.0. The van der Waals surface area contributed by atoms with E-state index >= 15 is 0 Å². The number of hydrogen-bond acceptors (Lipinski definition) is 2. The van der Waals surface area contributed by atoms with E-state index in [1.807, 2.05) is 12.1 Å². The van der Waals surface area contributed by atoms with Crippen molar-refractivity contribution in [2.45, 2.75) is 25.6 Å². The van der Waals surface area contributed by atoms with Crippen molar-refractivity contribution in [1.82, 2.24) is 4.98 Å². The van der Waals surface area contributed by atoms with Crippen molar-refractivity contribution < 1.29 is 4.74 Å². The third-order valence-corrected chi connectivity index (χ3v) is 3.85. The van der Waals surface area contributed by atoms with Crippen molar-refractivity contribution in [2.75, 3.05) is 0 Å². The molecule has 0 saturated carbocycles. The first-order chi connectivity index (χ1) is 9.62. The first-order valence-electron chi connectivity index (χ1n) is 6.31. The molecule has 106 valence electrons. The Morgan fingerprint density at radius 3 is 2.70 bits per heavy atom. The summed E-state index contributed by atoms with van der Waals surface area (Å²) in [4.78, 5) is 4.50. The van der Waals surface area contributed by atoms with Crippen LogP contribution in [0.25, 0.3) is 0 Å². The molecule has 0 fully saturated rings. The van der Waals surface area contributed by atoms with Gasteiger partial charge in [0.25, 0.3) is 0 Å². The van der Waals surface area contributed by atoms with E-state index in [1.54, 1.807) is 18.2 Å². The van der Waals surface area contributed by atoms with E-state index in [9.17, 15) is 0 Å². The maximum atomic E-state index is 5.92. The van der Waals surface area contributed by atoms with E-state index in [1.165, 1.54) is 0 Å². The van der Waals surface area contributed by atoms with Crippen LogP contribution in [0.3, 0.4) is 0 Å². The molecule has 0 aliphatic heterocycles. The van der Waals surface area contributed by atoms with Crippen LogP contribution in [0.15, 0.2) is 34.8 Å². The highest BCUT2D eigenvalue weighted by atomic mass is 79.9. The fourth-order valence-electron chi connectivity index (χ4n) is 1.80. The SMILES string of the molecule is CCCc1cc(CCl)cc(Oc2ccc(Cl)cc2Br)n1. The van der Waals surface area contributed by atoms with Crippen LogP contribution >= 0.6 is 39.1 Å². The summed E-state index contributed by atoms with van der Waals surface area (Å²) < 4.78 is 6.61. The molecule has 2 nitrogen and oxygen atoms in total. The van der Waals surface area contributed by atoms with Gasteiger partial charge in [-0.25, -0.2) is 4.98 Å². The molecule has 0 amide bonds. The Morgan fingerprint density at radius 2 is 2.05 bits per heavy atom. The van der Waals surface area contributed by atoms with Gasteiger partial charge in [-0.3, -0.25) is 0 Å². The number of aromatic nitrogens is 1. The highest BCUT2D eigenvalue weighted by Gasteiger charge is 2.07. The van der Waals surface area contributed by atoms with Crippen LogP contribution in [0.5, 0.6) is 11.6 Å². The average molecular weight is 375 g/mol. The lowest BCUT2D eigenvalue weighted by atomic mass is 10.2. The molecular weight excluding hydrogens is 361 g/mol. The van der Waals surface area contributed by atoms with Gasteiger partial charge in [0.05, 0.1) is 4.47 Å². The average Bonchev–Trinajstić information content (AvgIpc) is 2.42. The topological polar surface area (TPSA) is 22.1 Å². The van der Waals surface area contributed by atoms with Gasteiger partial charge >= 0.3 is 0 Å². The molecule has 0 aliphatic rings. The molecule has 20 heavy (non-hydrogen) atoms. The highest BCUT2D eigenvalue weighted by Crippen LogP contribution is 2.31. The number of alkyl halides is 1. The molecule has 0 radical (unpaired) electrons. The maximum absolute atomic E-state index is 5.92. The number of nitrogens with zero attached hydrogens (tertiary/aromatic N) is 1. The summed E-state index contributed by atoms with van der Waals surface area (Å²) in [6.45, 7) is 2.12. The Hall–Kier alpha value is -0.770. The monoisotopic (exact) mass is 373 g/mol. The van der Waals surface area contributed by atoms with Gasteiger partial charge in [-0.2, -0.15) is 0 Å². The first kappa shape index (κ1) is 15.6. The molecule has 2 aromatic rings. The van der Waals surface area contributed by atoms with Gasteiger partial charge < -0.3 is 4.74 Å². The molecule has 0 bridgehead atoms. The molecule has 5 heteroatoms. The third-order valence-electron chi connectivity index (χ3n) is 2.68. The molecule has 1 aromatic carbocycles. The summed E-state index contributed by atoms with van der Waals surface area (Å²) in [6.07, 6.45) is 1.94. The van der Waals surface area contributed by atoms with E-state index < -0.39 is 0 Å². The Morgan fingerprint density at radius 1 is 1.25 bits per heavy atom. The molecular formula is C15H14BrCl2NO. The summed E-state index contributed by atoms with van der Waals surface area (Å²) in [5.41, 5.74) is 2.00. The molecule has 0 N–H and O–H groups in total. The van der Waals surface area contributed by atoms with Crippen molar-refractivity contribution in [3.63, 3.8) is 0 Å². The summed E-state index contributed by atoms with van der Waals surface area (Å²) in [7, 11) is 0. The summed E-state index contributed by atoms with van der Waals surface area (Å²) in [6, 6.07) is 9.24. The molecule has 0 spiro atoms.